The molecule has 0 aliphatic carbocycles. The highest BCUT2D eigenvalue weighted by Gasteiger charge is 2.06. The van der Waals surface area contributed by atoms with Gasteiger partial charge in [0.05, 0.1) is 6.61 Å². The Labute approximate surface area is 109 Å². The Balaban J connectivity index is 2.41. The maximum Gasteiger partial charge on any atom is 0.220 e. The predicted molar refractivity (Wildman–Crippen MR) is 73.8 cm³/mol. The molecule has 0 spiro atoms. The zero-order valence-electron chi connectivity index (χ0n) is 11.3. The van der Waals surface area contributed by atoms with E-state index < -0.39 is 0 Å². The van der Waals surface area contributed by atoms with E-state index in [0.717, 1.165) is 17.7 Å². The maximum absolute atomic E-state index is 11.5. The second kappa shape index (κ2) is 7.01. The fourth-order valence-electron chi connectivity index (χ4n) is 1.61. The van der Waals surface area contributed by atoms with Gasteiger partial charge in [-0.25, -0.2) is 0 Å². The zero-order valence-corrected chi connectivity index (χ0v) is 11.3. The summed E-state index contributed by atoms with van der Waals surface area (Å²) in [6, 6.07) is 8.00. The standard InChI is InChI=1S/C14H22N2O2/c1-11(10-17)15-14(18)9-6-12-4-7-13(8-5-12)16(2)3/h4-5,7-8,11,17H,6,9-10H2,1-3H3,(H,15,18)/t11-/m0/s1. The van der Waals surface area contributed by atoms with E-state index in [2.05, 4.69) is 5.32 Å². The maximum atomic E-state index is 11.5. The van der Waals surface area contributed by atoms with Crippen LogP contribution in [0, 0.1) is 0 Å². The van der Waals surface area contributed by atoms with Crippen LogP contribution in [0.15, 0.2) is 24.3 Å². The van der Waals surface area contributed by atoms with Gasteiger partial charge in [0.15, 0.2) is 0 Å². The van der Waals surface area contributed by atoms with Crippen molar-refractivity contribution in [3.05, 3.63) is 29.8 Å². The highest BCUT2D eigenvalue weighted by Crippen LogP contribution is 2.13. The Morgan fingerprint density at radius 1 is 1.33 bits per heavy atom. The van der Waals surface area contributed by atoms with Gasteiger partial charge < -0.3 is 15.3 Å². The first-order chi connectivity index (χ1) is 8.52. The molecule has 0 saturated heterocycles. The molecule has 1 aromatic carbocycles. The van der Waals surface area contributed by atoms with Crippen molar-refractivity contribution in [1.29, 1.82) is 0 Å². The zero-order chi connectivity index (χ0) is 13.5. The lowest BCUT2D eigenvalue weighted by atomic mass is 10.1. The smallest absolute Gasteiger partial charge is 0.220 e. The number of rotatable bonds is 6. The molecule has 4 heteroatoms. The van der Waals surface area contributed by atoms with Gasteiger partial charge >= 0.3 is 0 Å². The van der Waals surface area contributed by atoms with Gasteiger partial charge in [-0.1, -0.05) is 12.1 Å². The molecule has 1 rings (SSSR count). The number of amides is 1. The molecule has 0 aromatic heterocycles. The van der Waals surface area contributed by atoms with Gasteiger partial charge in [-0.2, -0.15) is 0 Å². The Morgan fingerprint density at radius 3 is 2.44 bits per heavy atom. The normalized spacial score (nSPS) is 12.0. The number of hydrogen-bond donors (Lipinski definition) is 2. The minimum absolute atomic E-state index is 0.0202. The van der Waals surface area contributed by atoms with Crippen molar-refractivity contribution in [2.24, 2.45) is 0 Å². The highest BCUT2D eigenvalue weighted by molar-refractivity contribution is 5.76. The molecule has 1 amide bonds. The van der Waals surface area contributed by atoms with E-state index in [1.54, 1.807) is 6.92 Å². The molecule has 0 aliphatic heterocycles. The monoisotopic (exact) mass is 250 g/mol. The minimum Gasteiger partial charge on any atom is -0.394 e. The Kier molecular flexibility index (Phi) is 5.65. The van der Waals surface area contributed by atoms with Crippen molar-refractivity contribution in [1.82, 2.24) is 5.32 Å². The van der Waals surface area contributed by atoms with Gasteiger partial charge in [-0.3, -0.25) is 4.79 Å². The molecule has 0 heterocycles. The lowest BCUT2D eigenvalue weighted by molar-refractivity contribution is -0.121. The SMILES string of the molecule is C[C@@H](CO)NC(=O)CCc1ccc(N(C)C)cc1. The first kappa shape index (κ1) is 14.5. The van der Waals surface area contributed by atoms with Crippen molar-refractivity contribution in [2.45, 2.75) is 25.8 Å². The van der Waals surface area contributed by atoms with Crippen molar-refractivity contribution >= 4 is 11.6 Å². The third-order valence-electron chi connectivity index (χ3n) is 2.77. The molecular weight excluding hydrogens is 228 g/mol. The second-order valence-electron chi connectivity index (χ2n) is 4.71. The van der Waals surface area contributed by atoms with Crippen LogP contribution in [0.1, 0.15) is 18.9 Å². The molecular formula is C14H22N2O2. The number of hydrogen-bond acceptors (Lipinski definition) is 3. The fourth-order valence-corrected chi connectivity index (χ4v) is 1.61. The van der Waals surface area contributed by atoms with Gasteiger partial charge in [-0.05, 0) is 31.0 Å². The number of carbonyl (C=O) groups is 1. The summed E-state index contributed by atoms with van der Waals surface area (Å²) < 4.78 is 0. The molecule has 1 aromatic rings. The molecule has 0 unspecified atom stereocenters. The van der Waals surface area contributed by atoms with Crippen LogP contribution in [-0.2, 0) is 11.2 Å². The van der Waals surface area contributed by atoms with Crippen LogP contribution in [0.4, 0.5) is 5.69 Å². The molecule has 0 radical (unpaired) electrons. The van der Waals surface area contributed by atoms with E-state index in [4.69, 9.17) is 5.11 Å². The van der Waals surface area contributed by atoms with Crippen LogP contribution in [-0.4, -0.2) is 37.8 Å². The summed E-state index contributed by atoms with van der Waals surface area (Å²) in [7, 11) is 4.00. The first-order valence-electron chi connectivity index (χ1n) is 6.19. The Morgan fingerprint density at radius 2 is 1.94 bits per heavy atom. The summed E-state index contributed by atoms with van der Waals surface area (Å²) in [6.45, 7) is 1.76. The summed E-state index contributed by atoms with van der Waals surface area (Å²) in [5, 5.41) is 11.6. The molecule has 100 valence electrons. The third kappa shape index (κ3) is 4.75. The largest absolute Gasteiger partial charge is 0.394 e. The summed E-state index contributed by atoms with van der Waals surface area (Å²) in [5.41, 5.74) is 2.30. The number of nitrogens with one attached hydrogen (secondary N) is 1. The lowest BCUT2D eigenvalue weighted by Crippen LogP contribution is -2.35. The topological polar surface area (TPSA) is 52.6 Å². The summed E-state index contributed by atoms with van der Waals surface area (Å²) in [6.07, 6.45) is 1.17. The highest BCUT2D eigenvalue weighted by atomic mass is 16.3. The van der Waals surface area contributed by atoms with Crippen LogP contribution in [0.5, 0.6) is 0 Å². The number of aryl methyl sites for hydroxylation is 1. The van der Waals surface area contributed by atoms with E-state index in [-0.39, 0.29) is 18.6 Å². The molecule has 4 nitrogen and oxygen atoms in total. The van der Waals surface area contributed by atoms with E-state index in [0.29, 0.717) is 6.42 Å². The molecule has 0 fully saturated rings. The van der Waals surface area contributed by atoms with Crippen molar-refractivity contribution in [3.8, 4) is 0 Å². The Hall–Kier alpha value is -1.55. The van der Waals surface area contributed by atoms with Gasteiger partial charge in [0.25, 0.3) is 0 Å². The number of benzene rings is 1. The molecule has 18 heavy (non-hydrogen) atoms. The van der Waals surface area contributed by atoms with Crippen molar-refractivity contribution in [2.75, 3.05) is 25.6 Å². The minimum atomic E-state index is -0.173. The summed E-state index contributed by atoms with van der Waals surface area (Å²) in [4.78, 5) is 13.6. The number of anilines is 1. The number of aliphatic hydroxyl groups excluding tert-OH is 1. The van der Waals surface area contributed by atoms with Gasteiger partial charge in [-0.15, -0.1) is 0 Å². The predicted octanol–water partition coefficient (Wildman–Crippen LogP) is 1.18. The molecule has 0 saturated carbocycles. The van der Waals surface area contributed by atoms with Crippen LogP contribution >= 0.6 is 0 Å². The first-order valence-corrected chi connectivity index (χ1v) is 6.19. The van der Waals surface area contributed by atoms with Crippen molar-refractivity contribution in [3.63, 3.8) is 0 Å². The molecule has 2 N–H and O–H groups in total. The summed E-state index contributed by atoms with van der Waals surface area (Å²) in [5.74, 6) is -0.0202. The van der Waals surface area contributed by atoms with Crippen LogP contribution in [0.25, 0.3) is 0 Å². The van der Waals surface area contributed by atoms with Crippen molar-refractivity contribution < 1.29 is 9.90 Å². The summed E-state index contributed by atoms with van der Waals surface area (Å²) >= 11 is 0. The molecule has 0 aliphatic rings. The number of nitrogens with zero attached hydrogens (tertiary/aromatic N) is 1. The average molecular weight is 250 g/mol. The molecule has 1 atom stereocenters. The second-order valence-corrected chi connectivity index (χ2v) is 4.71. The fraction of sp³-hybridized carbons (Fsp3) is 0.500. The van der Waals surface area contributed by atoms with Gasteiger partial charge in [0.1, 0.15) is 0 Å². The number of carbonyl (C=O) groups excluding carboxylic acids is 1. The lowest BCUT2D eigenvalue weighted by Gasteiger charge is -2.13. The van der Waals surface area contributed by atoms with E-state index in [1.807, 2.05) is 43.3 Å². The van der Waals surface area contributed by atoms with Crippen LogP contribution in [0.3, 0.4) is 0 Å². The average Bonchev–Trinajstić information content (AvgIpc) is 2.36. The van der Waals surface area contributed by atoms with E-state index >= 15 is 0 Å². The van der Waals surface area contributed by atoms with E-state index in [9.17, 15) is 4.79 Å². The molecule has 0 bridgehead atoms. The van der Waals surface area contributed by atoms with Crippen LogP contribution in [0.2, 0.25) is 0 Å². The Bertz CT molecular complexity index is 374. The van der Waals surface area contributed by atoms with Gasteiger partial charge in [0, 0.05) is 32.2 Å². The quantitative estimate of drug-likeness (QED) is 0.797. The van der Waals surface area contributed by atoms with Crippen LogP contribution < -0.4 is 10.2 Å². The number of aliphatic hydroxyl groups is 1. The van der Waals surface area contributed by atoms with E-state index in [1.165, 1.54) is 0 Å². The van der Waals surface area contributed by atoms with Gasteiger partial charge in [0.2, 0.25) is 5.91 Å². The third-order valence-corrected chi connectivity index (χ3v) is 2.77.